The summed E-state index contributed by atoms with van der Waals surface area (Å²) < 4.78 is 0. The maximum Gasteiger partial charge on any atom is 0.138 e. The summed E-state index contributed by atoms with van der Waals surface area (Å²) in [6.45, 7) is 4.27. The van der Waals surface area contributed by atoms with Crippen molar-refractivity contribution in [3.63, 3.8) is 0 Å². The Labute approximate surface area is 121 Å². The Morgan fingerprint density at radius 1 is 1.11 bits per heavy atom. The van der Waals surface area contributed by atoms with Gasteiger partial charge in [-0.05, 0) is 18.8 Å². The van der Waals surface area contributed by atoms with Gasteiger partial charge in [-0.2, -0.15) is 0 Å². The molecule has 1 aromatic heterocycles. The third-order valence-electron chi connectivity index (χ3n) is 3.86. The van der Waals surface area contributed by atoms with Crippen molar-refractivity contribution in [3.8, 4) is 0 Å². The van der Waals surface area contributed by atoms with Crippen LogP contribution in [0.3, 0.4) is 0 Å². The minimum absolute atomic E-state index is 0.338. The van der Waals surface area contributed by atoms with Crippen molar-refractivity contribution in [2.24, 2.45) is 0 Å². The zero-order valence-corrected chi connectivity index (χ0v) is 12.7. The Morgan fingerprint density at radius 3 is 2.37 bits per heavy atom. The SMILES string of the molecule is CC(C)c1c(Cl)ncnc1NC1CCCCCCC1. The van der Waals surface area contributed by atoms with Crippen LogP contribution in [0.2, 0.25) is 5.15 Å². The molecule has 0 atom stereocenters. The summed E-state index contributed by atoms with van der Waals surface area (Å²) in [5, 5.41) is 4.19. The molecular weight excluding hydrogens is 258 g/mol. The predicted molar refractivity (Wildman–Crippen MR) is 80.9 cm³/mol. The summed E-state index contributed by atoms with van der Waals surface area (Å²) >= 11 is 6.21. The Bertz CT molecular complexity index is 398. The van der Waals surface area contributed by atoms with Gasteiger partial charge in [-0.1, -0.05) is 57.6 Å². The van der Waals surface area contributed by atoms with Crippen LogP contribution in [0.15, 0.2) is 6.33 Å². The highest BCUT2D eigenvalue weighted by Gasteiger charge is 2.17. The van der Waals surface area contributed by atoms with E-state index in [0.717, 1.165) is 11.4 Å². The van der Waals surface area contributed by atoms with E-state index in [1.54, 1.807) is 6.33 Å². The largest absolute Gasteiger partial charge is 0.367 e. The van der Waals surface area contributed by atoms with Crippen LogP contribution in [0.5, 0.6) is 0 Å². The number of rotatable bonds is 3. The molecule has 1 aromatic rings. The fourth-order valence-corrected chi connectivity index (χ4v) is 3.15. The lowest BCUT2D eigenvalue weighted by atomic mass is 9.96. The van der Waals surface area contributed by atoms with Gasteiger partial charge in [0.2, 0.25) is 0 Å². The first-order valence-electron chi connectivity index (χ1n) is 7.45. The highest BCUT2D eigenvalue weighted by Crippen LogP contribution is 2.29. The second kappa shape index (κ2) is 7.09. The molecular formula is C15H24ClN3. The van der Waals surface area contributed by atoms with E-state index in [-0.39, 0.29) is 0 Å². The van der Waals surface area contributed by atoms with Crippen LogP contribution in [-0.4, -0.2) is 16.0 Å². The Hall–Kier alpha value is -0.830. The molecule has 3 nitrogen and oxygen atoms in total. The fraction of sp³-hybridized carbons (Fsp3) is 0.733. The number of nitrogens with one attached hydrogen (secondary N) is 1. The molecule has 19 heavy (non-hydrogen) atoms. The second-order valence-electron chi connectivity index (χ2n) is 5.77. The van der Waals surface area contributed by atoms with E-state index in [0.29, 0.717) is 17.1 Å². The monoisotopic (exact) mass is 281 g/mol. The van der Waals surface area contributed by atoms with Gasteiger partial charge in [-0.3, -0.25) is 0 Å². The van der Waals surface area contributed by atoms with Gasteiger partial charge in [0.05, 0.1) is 0 Å². The Balaban J connectivity index is 2.10. The van der Waals surface area contributed by atoms with Gasteiger partial charge >= 0.3 is 0 Å². The summed E-state index contributed by atoms with van der Waals surface area (Å²) in [6, 6.07) is 0.531. The number of aromatic nitrogens is 2. The zero-order valence-electron chi connectivity index (χ0n) is 12.0. The summed E-state index contributed by atoms with van der Waals surface area (Å²) in [4.78, 5) is 8.50. The van der Waals surface area contributed by atoms with Gasteiger partial charge in [0.1, 0.15) is 17.3 Å². The molecule has 4 heteroatoms. The van der Waals surface area contributed by atoms with Crippen LogP contribution in [0, 0.1) is 0 Å². The average molecular weight is 282 g/mol. The lowest BCUT2D eigenvalue weighted by molar-refractivity contribution is 0.470. The van der Waals surface area contributed by atoms with Crippen molar-refractivity contribution in [1.82, 2.24) is 9.97 Å². The molecule has 1 fully saturated rings. The highest BCUT2D eigenvalue weighted by molar-refractivity contribution is 6.30. The molecule has 1 aliphatic rings. The van der Waals surface area contributed by atoms with Crippen molar-refractivity contribution >= 4 is 17.4 Å². The summed E-state index contributed by atoms with van der Waals surface area (Å²) in [5.41, 5.74) is 1.05. The van der Waals surface area contributed by atoms with E-state index in [1.165, 1.54) is 44.9 Å². The molecule has 0 radical (unpaired) electrons. The van der Waals surface area contributed by atoms with Gasteiger partial charge in [0.15, 0.2) is 0 Å². The second-order valence-corrected chi connectivity index (χ2v) is 6.13. The summed E-state index contributed by atoms with van der Waals surface area (Å²) in [6.07, 6.45) is 10.8. The van der Waals surface area contributed by atoms with Crippen molar-refractivity contribution < 1.29 is 0 Å². The topological polar surface area (TPSA) is 37.8 Å². The molecule has 0 aromatic carbocycles. The standard InChI is InChI=1S/C15H24ClN3/c1-11(2)13-14(16)17-10-18-15(13)19-12-8-6-4-3-5-7-9-12/h10-12H,3-9H2,1-2H3,(H,17,18,19). The first-order valence-corrected chi connectivity index (χ1v) is 7.83. The molecule has 1 aliphatic carbocycles. The van der Waals surface area contributed by atoms with Gasteiger partial charge in [-0.25, -0.2) is 9.97 Å². The molecule has 106 valence electrons. The smallest absolute Gasteiger partial charge is 0.138 e. The van der Waals surface area contributed by atoms with Crippen molar-refractivity contribution in [2.45, 2.75) is 70.8 Å². The van der Waals surface area contributed by atoms with Crippen LogP contribution >= 0.6 is 11.6 Å². The van der Waals surface area contributed by atoms with E-state index in [1.807, 2.05) is 0 Å². The average Bonchev–Trinajstić information content (AvgIpc) is 2.32. The van der Waals surface area contributed by atoms with E-state index in [9.17, 15) is 0 Å². The van der Waals surface area contributed by atoms with Crippen molar-refractivity contribution in [2.75, 3.05) is 5.32 Å². The number of anilines is 1. The number of hydrogen-bond donors (Lipinski definition) is 1. The Kier molecular flexibility index (Phi) is 5.44. The normalized spacial score (nSPS) is 18.1. The molecule has 1 N–H and O–H groups in total. The van der Waals surface area contributed by atoms with Gasteiger partial charge in [0, 0.05) is 11.6 Å². The first kappa shape index (κ1) is 14.6. The maximum atomic E-state index is 6.21. The van der Waals surface area contributed by atoms with Gasteiger partial charge < -0.3 is 5.32 Å². The molecule has 0 unspecified atom stereocenters. The lowest BCUT2D eigenvalue weighted by Gasteiger charge is -2.23. The van der Waals surface area contributed by atoms with Crippen molar-refractivity contribution in [3.05, 3.63) is 17.0 Å². The molecule has 0 aliphatic heterocycles. The molecule has 0 bridgehead atoms. The van der Waals surface area contributed by atoms with Crippen LogP contribution in [0.1, 0.15) is 70.3 Å². The Morgan fingerprint density at radius 2 is 1.74 bits per heavy atom. The van der Waals surface area contributed by atoms with Gasteiger partial charge in [-0.15, -0.1) is 0 Å². The molecule has 1 heterocycles. The van der Waals surface area contributed by atoms with Crippen LogP contribution < -0.4 is 5.32 Å². The third kappa shape index (κ3) is 4.07. The molecule has 0 saturated heterocycles. The number of hydrogen-bond acceptors (Lipinski definition) is 3. The molecule has 1 saturated carbocycles. The predicted octanol–water partition coefficient (Wildman–Crippen LogP) is 4.78. The summed E-state index contributed by atoms with van der Waals surface area (Å²) in [7, 11) is 0. The van der Waals surface area contributed by atoms with E-state index in [4.69, 9.17) is 11.6 Å². The fourth-order valence-electron chi connectivity index (χ4n) is 2.79. The van der Waals surface area contributed by atoms with Crippen LogP contribution in [-0.2, 0) is 0 Å². The number of halogens is 1. The highest BCUT2D eigenvalue weighted by atomic mass is 35.5. The van der Waals surface area contributed by atoms with Gasteiger partial charge in [0.25, 0.3) is 0 Å². The lowest BCUT2D eigenvalue weighted by Crippen LogP contribution is -2.22. The quantitative estimate of drug-likeness (QED) is 0.810. The van der Waals surface area contributed by atoms with Crippen molar-refractivity contribution in [1.29, 1.82) is 0 Å². The molecule has 0 amide bonds. The van der Waals surface area contributed by atoms with E-state index in [2.05, 4.69) is 29.1 Å². The van der Waals surface area contributed by atoms with E-state index >= 15 is 0 Å². The molecule has 0 spiro atoms. The number of nitrogens with zero attached hydrogens (tertiary/aromatic N) is 2. The summed E-state index contributed by atoms with van der Waals surface area (Å²) in [5.74, 6) is 1.27. The van der Waals surface area contributed by atoms with E-state index < -0.39 is 0 Å². The molecule has 2 rings (SSSR count). The zero-order chi connectivity index (χ0) is 13.7. The third-order valence-corrected chi connectivity index (χ3v) is 4.16. The minimum Gasteiger partial charge on any atom is -0.367 e. The van der Waals surface area contributed by atoms with Crippen LogP contribution in [0.4, 0.5) is 5.82 Å². The van der Waals surface area contributed by atoms with Crippen LogP contribution in [0.25, 0.3) is 0 Å². The maximum absolute atomic E-state index is 6.21. The first-order chi connectivity index (χ1) is 9.18. The minimum atomic E-state index is 0.338.